The van der Waals surface area contributed by atoms with Crippen LogP contribution in [0.1, 0.15) is 37.3 Å². The van der Waals surface area contributed by atoms with Gasteiger partial charge in [0.2, 0.25) is 5.91 Å². The highest BCUT2D eigenvalue weighted by atomic mass is 32.2. The maximum absolute atomic E-state index is 13.5. The summed E-state index contributed by atoms with van der Waals surface area (Å²) in [6.45, 7) is 2.47. The number of imide groups is 1. The normalized spacial score (nSPS) is 25.1. The summed E-state index contributed by atoms with van der Waals surface area (Å²) in [6, 6.07) is 15.1. The van der Waals surface area contributed by atoms with E-state index in [-0.39, 0.29) is 18.4 Å². The standard InChI is InChI=1S/C24H25N3O3S/c1-16-12-14-26(19-10-4-5-11-20(19)31-16)21(28)15-27-22(29)24(25-23(27)30)13-6-8-17-7-2-3-9-18(17)24/h2-5,7,9-11,16H,6,8,12-15H2,1H3,(H,25,30)/t16-,24+/m1/s1. The molecule has 2 aromatic rings. The van der Waals surface area contributed by atoms with Gasteiger partial charge in [0.25, 0.3) is 5.91 Å². The SMILES string of the molecule is C[C@@H]1CCN(C(=O)CN2C(=O)N[C@]3(CCCc4ccccc43)C2=O)c2ccccc2S1. The Bertz CT molecular complexity index is 1070. The molecule has 1 saturated heterocycles. The zero-order chi connectivity index (χ0) is 21.6. The lowest BCUT2D eigenvalue weighted by atomic mass is 9.76. The Hall–Kier alpha value is -2.80. The van der Waals surface area contributed by atoms with Gasteiger partial charge in [0.05, 0.1) is 5.69 Å². The third kappa shape index (κ3) is 3.31. The lowest BCUT2D eigenvalue weighted by Crippen LogP contribution is -2.47. The average molecular weight is 436 g/mol. The smallest absolute Gasteiger partial charge is 0.319 e. The topological polar surface area (TPSA) is 69.7 Å². The van der Waals surface area contributed by atoms with E-state index in [0.29, 0.717) is 18.2 Å². The van der Waals surface area contributed by atoms with Crippen LogP contribution in [0.25, 0.3) is 0 Å². The van der Waals surface area contributed by atoms with Gasteiger partial charge in [-0.1, -0.05) is 43.3 Å². The minimum absolute atomic E-state index is 0.230. The first-order valence-electron chi connectivity index (χ1n) is 10.8. The molecule has 0 bridgehead atoms. The Morgan fingerprint density at radius 1 is 1.16 bits per heavy atom. The lowest BCUT2D eigenvalue weighted by molar-refractivity contribution is -0.135. The highest BCUT2D eigenvalue weighted by Crippen LogP contribution is 2.40. The summed E-state index contributed by atoms with van der Waals surface area (Å²) in [4.78, 5) is 43.6. The summed E-state index contributed by atoms with van der Waals surface area (Å²) in [5, 5.41) is 3.32. The van der Waals surface area contributed by atoms with E-state index < -0.39 is 11.6 Å². The molecule has 5 rings (SSSR count). The fourth-order valence-corrected chi connectivity index (χ4v) is 6.03. The van der Waals surface area contributed by atoms with Crippen molar-refractivity contribution in [3.63, 3.8) is 0 Å². The number of rotatable bonds is 2. The first-order valence-corrected chi connectivity index (χ1v) is 11.7. The van der Waals surface area contributed by atoms with E-state index in [1.54, 1.807) is 16.7 Å². The molecule has 2 aromatic carbocycles. The molecule has 0 radical (unpaired) electrons. The van der Waals surface area contributed by atoms with Crippen LogP contribution in [-0.2, 0) is 21.5 Å². The summed E-state index contributed by atoms with van der Waals surface area (Å²) in [5.41, 5.74) is 1.75. The Morgan fingerprint density at radius 3 is 2.81 bits per heavy atom. The highest BCUT2D eigenvalue weighted by Gasteiger charge is 2.54. The van der Waals surface area contributed by atoms with Crippen molar-refractivity contribution in [1.29, 1.82) is 0 Å². The molecular formula is C24H25N3O3S. The summed E-state index contributed by atoms with van der Waals surface area (Å²) < 4.78 is 0. The van der Waals surface area contributed by atoms with E-state index in [1.807, 2.05) is 48.5 Å². The van der Waals surface area contributed by atoms with Crippen molar-refractivity contribution in [1.82, 2.24) is 10.2 Å². The zero-order valence-electron chi connectivity index (χ0n) is 17.5. The van der Waals surface area contributed by atoms with Crippen LogP contribution < -0.4 is 10.2 Å². The molecular weight excluding hydrogens is 410 g/mol. The molecule has 7 heteroatoms. The number of carbonyl (C=O) groups is 3. The third-order valence-corrected chi connectivity index (χ3v) is 7.73. The molecule has 1 spiro atoms. The van der Waals surface area contributed by atoms with E-state index in [9.17, 15) is 14.4 Å². The number of fused-ring (bicyclic) bond motifs is 3. The second-order valence-electron chi connectivity index (χ2n) is 8.47. The number of benzene rings is 2. The molecule has 0 aromatic heterocycles. The first-order chi connectivity index (χ1) is 15.0. The Morgan fingerprint density at radius 2 is 1.94 bits per heavy atom. The van der Waals surface area contributed by atoms with Gasteiger partial charge in [-0.25, -0.2) is 4.79 Å². The van der Waals surface area contributed by atoms with Crippen molar-refractivity contribution in [3.8, 4) is 0 Å². The van der Waals surface area contributed by atoms with Gasteiger partial charge in [0.15, 0.2) is 0 Å². The summed E-state index contributed by atoms with van der Waals surface area (Å²) in [6.07, 6.45) is 3.11. The molecule has 1 fully saturated rings. The molecule has 31 heavy (non-hydrogen) atoms. The first kappa shape index (κ1) is 20.1. The molecule has 1 aliphatic carbocycles. The van der Waals surface area contributed by atoms with Crippen LogP contribution in [0.4, 0.5) is 10.5 Å². The molecule has 6 nitrogen and oxygen atoms in total. The number of urea groups is 1. The summed E-state index contributed by atoms with van der Waals surface area (Å²) in [5.74, 6) is -0.546. The number of hydrogen-bond acceptors (Lipinski definition) is 4. The third-order valence-electron chi connectivity index (χ3n) is 6.49. The fraction of sp³-hybridized carbons (Fsp3) is 0.375. The molecule has 4 amide bonds. The summed E-state index contributed by atoms with van der Waals surface area (Å²) >= 11 is 1.75. The van der Waals surface area contributed by atoms with Gasteiger partial charge in [-0.05, 0) is 48.9 Å². The second kappa shape index (κ2) is 7.71. The van der Waals surface area contributed by atoms with E-state index in [2.05, 4.69) is 12.2 Å². The number of para-hydroxylation sites is 1. The van der Waals surface area contributed by atoms with Crippen molar-refractivity contribution in [2.75, 3.05) is 18.0 Å². The Kier molecular flexibility index (Phi) is 5.01. The number of carbonyl (C=O) groups excluding carboxylic acids is 3. The monoisotopic (exact) mass is 435 g/mol. The van der Waals surface area contributed by atoms with Gasteiger partial charge in [0, 0.05) is 16.7 Å². The molecule has 2 heterocycles. The number of thioether (sulfide) groups is 1. The Labute approximate surface area is 186 Å². The van der Waals surface area contributed by atoms with Crippen molar-refractivity contribution >= 4 is 35.3 Å². The zero-order valence-corrected chi connectivity index (χ0v) is 18.3. The quantitative estimate of drug-likeness (QED) is 0.731. The van der Waals surface area contributed by atoms with Crippen LogP contribution in [0, 0.1) is 0 Å². The molecule has 0 unspecified atom stereocenters. The minimum atomic E-state index is -1.05. The van der Waals surface area contributed by atoms with Crippen LogP contribution in [0.5, 0.6) is 0 Å². The number of aryl methyl sites for hydroxylation is 1. The molecule has 0 saturated carbocycles. The number of hydrogen-bond donors (Lipinski definition) is 1. The van der Waals surface area contributed by atoms with Crippen LogP contribution in [0.3, 0.4) is 0 Å². The highest BCUT2D eigenvalue weighted by molar-refractivity contribution is 8.00. The number of nitrogens with zero attached hydrogens (tertiary/aromatic N) is 2. The molecule has 3 aliphatic rings. The largest absolute Gasteiger partial charge is 0.325 e. The predicted octanol–water partition coefficient (Wildman–Crippen LogP) is 3.69. The maximum atomic E-state index is 13.5. The Balaban J connectivity index is 1.42. The second-order valence-corrected chi connectivity index (χ2v) is 9.95. The van der Waals surface area contributed by atoms with Gasteiger partial charge < -0.3 is 10.2 Å². The van der Waals surface area contributed by atoms with Gasteiger partial charge in [-0.15, -0.1) is 11.8 Å². The van der Waals surface area contributed by atoms with Crippen LogP contribution >= 0.6 is 11.8 Å². The van der Waals surface area contributed by atoms with Crippen molar-refractivity contribution < 1.29 is 14.4 Å². The molecule has 2 atom stereocenters. The van der Waals surface area contributed by atoms with Crippen LogP contribution in [0.15, 0.2) is 53.4 Å². The van der Waals surface area contributed by atoms with E-state index in [1.165, 1.54) is 0 Å². The predicted molar refractivity (Wildman–Crippen MR) is 120 cm³/mol. The van der Waals surface area contributed by atoms with Crippen molar-refractivity contribution in [3.05, 3.63) is 59.7 Å². The molecule has 160 valence electrons. The van der Waals surface area contributed by atoms with Gasteiger partial charge in [-0.3, -0.25) is 14.5 Å². The number of amides is 4. The van der Waals surface area contributed by atoms with E-state index in [4.69, 9.17) is 0 Å². The molecule has 2 aliphatic heterocycles. The van der Waals surface area contributed by atoms with Gasteiger partial charge in [0.1, 0.15) is 12.1 Å². The van der Waals surface area contributed by atoms with E-state index >= 15 is 0 Å². The van der Waals surface area contributed by atoms with E-state index in [0.717, 1.165) is 45.9 Å². The van der Waals surface area contributed by atoms with Crippen LogP contribution in [0.2, 0.25) is 0 Å². The lowest BCUT2D eigenvalue weighted by Gasteiger charge is -2.33. The van der Waals surface area contributed by atoms with Crippen molar-refractivity contribution in [2.45, 2.75) is 48.3 Å². The van der Waals surface area contributed by atoms with Gasteiger partial charge in [-0.2, -0.15) is 0 Å². The van der Waals surface area contributed by atoms with Gasteiger partial charge >= 0.3 is 6.03 Å². The number of anilines is 1. The summed E-state index contributed by atoms with van der Waals surface area (Å²) in [7, 11) is 0. The number of nitrogens with one attached hydrogen (secondary N) is 1. The maximum Gasteiger partial charge on any atom is 0.325 e. The van der Waals surface area contributed by atoms with Crippen molar-refractivity contribution in [2.24, 2.45) is 0 Å². The minimum Gasteiger partial charge on any atom is -0.319 e. The molecule has 1 N–H and O–H groups in total. The van der Waals surface area contributed by atoms with Crippen LogP contribution in [-0.4, -0.2) is 41.1 Å². The fourth-order valence-electron chi connectivity index (χ4n) is 4.92. The average Bonchev–Trinajstić information content (AvgIpc) is 2.90.